The second-order valence-electron chi connectivity index (χ2n) is 14.9. The second kappa shape index (κ2) is 20.9. The van der Waals surface area contributed by atoms with Crippen molar-refractivity contribution in [1.29, 1.82) is 0 Å². The van der Waals surface area contributed by atoms with Crippen LogP contribution in [0.25, 0.3) is 22.0 Å². The van der Waals surface area contributed by atoms with E-state index in [1.807, 2.05) is 48.7 Å². The molecule has 1 aliphatic rings. The fourth-order valence-electron chi connectivity index (χ4n) is 7.38. The summed E-state index contributed by atoms with van der Waals surface area (Å²) in [5.74, 6) is -1.08. The van der Waals surface area contributed by atoms with Crippen LogP contribution in [0.4, 0.5) is 0 Å². The minimum absolute atomic E-state index is 0.00368. The number of pyridine rings is 1. The molecule has 0 spiro atoms. The summed E-state index contributed by atoms with van der Waals surface area (Å²) >= 11 is 3.79. The Morgan fingerprint density at radius 1 is 0.850 bits per heavy atom. The SMILES string of the molecule is CN1C(=O)[C@H](CCCCN)NC(=O)[C@H](CCCN)NCc2cccnc2Sc2c(CI)cc(-c3ccc(S(N)(=O)=O)cc3)cc2CNC(=O)[C@@H]1Cc1c[nH]c2ccccc12. The summed E-state index contributed by atoms with van der Waals surface area (Å²) in [5, 5.41) is 16.7. The van der Waals surface area contributed by atoms with Gasteiger partial charge in [-0.15, -0.1) is 0 Å². The van der Waals surface area contributed by atoms with Gasteiger partial charge in [0, 0.05) is 59.2 Å². The van der Waals surface area contributed by atoms with Crippen LogP contribution in [-0.4, -0.2) is 79.3 Å². The van der Waals surface area contributed by atoms with Gasteiger partial charge in [0.2, 0.25) is 27.7 Å². The molecule has 10 N–H and O–H groups in total. The normalized spacial score (nSPS) is 18.4. The third kappa shape index (κ3) is 11.1. The number of alkyl halides is 1. The average Bonchev–Trinajstić information content (AvgIpc) is 3.66. The quantitative estimate of drug-likeness (QED) is 0.0527. The molecule has 0 bridgehead atoms. The van der Waals surface area contributed by atoms with E-state index < -0.39 is 28.1 Å². The summed E-state index contributed by atoms with van der Waals surface area (Å²) in [6.45, 7) is 1.25. The molecule has 3 amide bonds. The van der Waals surface area contributed by atoms with Crippen LogP contribution in [0.2, 0.25) is 0 Å². The minimum atomic E-state index is -3.89. The van der Waals surface area contributed by atoms with Crippen molar-refractivity contribution >= 4 is 73.0 Å². The topological polar surface area (TPSA) is 231 Å². The fraction of sp³-hybridized carbons (Fsp3) is 0.349. The number of fused-ring (bicyclic) bond motifs is 3. The second-order valence-corrected chi connectivity index (χ2v) is 18.2. The first-order chi connectivity index (χ1) is 28.9. The van der Waals surface area contributed by atoms with Crippen molar-refractivity contribution in [2.24, 2.45) is 16.6 Å². The molecule has 17 heteroatoms. The van der Waals surface area contributed by atoms with Gasteiger partial charge in [-0.25, -0.2) is 18.5 Å². The number of carbonyl (C=O) groups excluding carboxylic acids is 3. The van der Waals surface area contributed by atoms with E-state index in [1.54, 1.807) is 25.4 Å². The molecule has 6 rings (SSSR count). The Bertz CT molecular complexity index is 2410. The summed E-state index contributed by atoms with van der Waals surface area (Å²) < 4.78 is 24.7. The number of aromatic amines is 1. The van der Waals surface area contributed by atoms with Crippen LogP contribution >= 0.6 is 34.4 Å². The lowest BCUT2D eigenvalue weighted by Gasteiger charge is -2.32. The lowest BCUT2D eigenvalue weighted by molar-refractivity contribution is -0.142. The number of halogens is 1. The Kier molecular flexibility index (Phi) is 15.8. The maximum Gasteiger partial charge on any atom is 0.245 e. The van der Waals surface area contributed by atoms with Gasteiger partial charge < -0.3 is 37.3 Å². The molecule has 14 nitrogen and oxygen atoms in total. The van der Waals surface area contributed by atoms with Crippen molar-refractivity contribution in [3.8, 4) is 11.1 Å². The van der Waals surface area contributed by atoms with E-state index in [0.29, 0.717) is 56.2 Å². The molecule has 318 valence electrons. The number of hydrogen-bond donors (Lipinski definition) is 7. The van der Waals surface area contributed by atoms with Crippen LogP contribution in [-0.2, 0) is 48.3 Å². The van der Waals surface area contributed by atoms with Crippen molar-refractivity contribution in [2.75, 3.05) is 20.1 Å². The third-order valence-electron chi connectivity index (χ3n) is 10.7. The molecule has 0 saturated heterocycles. The Morgan fingerprint density at radius 3 is 2.33 bits per heavy atom. The molecule has 1 aliphatic heterocycles. The van der Waals surface area contributed by atoms with Gasteiger partial charge in [0.15, 0.2) is 0 Å². The summed E-state index contributed by atoms with van der Waals surface area (Å²) in [5.41, 5.74) is 17.8. The zero-order valence-corrected chi connectivity index (χ0v) is 37.2. The first kappa shape index (κ1) is 45.2. The predicted octanol–water partition coefficient (Wildman–Crippen LogP) is 4.47. The zero-order valence-electron chi connectivity index (χ0n) is 33.5. The molecule has 60 heavy (non-hydrogen) atoms. The number of para-hydroxylation sites is 1. The van der Waals surface area contributed by atoms with Crippen molar-refractivity contribution < 1.29 is 22.8 Å². The van der Waals surface area contributed by atoms with Crippen LogP contribution in [0.3, 0.4) is 0 Å². The molecule has 0 aliphatic carbocycles. The highest BCUT2D eigenvalue weighted by atomic mass is 127. The molecule has 0 radical (unpaired) electrons. The molecular weight excluding hydrogens is 914 g/mol. The van der Waals surface area contributed by atoms with Gasteiger partial charge in [-0.05, 0) is 115 Å². The number of H-pyrrole nitrogens is 1. The largest absolute Gasteiger partial charge is 0.361 e. The van der Waals surface area contributed by atoms with Gasteiger partial charge in [-0.2, -0.15) is 0 Å². The number of sulfonamides is 1. The van der Waals surface area contributed by atoms with Crippen LogP contribution in [0.15, 0.2) is 100 Å². The average molecular weight is 966 g/mol. The van der Waals surface area contributed by atoms with Crippen LogP contribution < -0.4 is 32.6 Å². The van der Waals surface area contributed by atoms with E-state index >= 15 is 0 Å². The van der Waals surface area contributed by atoms with E-state index in [2.05, 4.69) is 49.6 Å². The van der Waals surface area contributed by atoms with E-state index in [0.717, 1.165) is 54.2 Å². The summed E-state index contributed by atoms with van der Waals surface area (Å²) in [4.78, 5) is 53.9. The molecular formula is C43H52IN9O5S2. The smallest absolute Gasteiger partial charge is 0.245 e. The van der Waals surface area contributed by atoms with Gasteiger partial charge in [0.25, 0.3) is 0 Å². The van der Waals surface area contributed by atoms with E-state index in [4.69, 9.17) is 21.6 Å². The number of nitrogens with one attached hydrogen (secondary N) is 4. The van der Waals surface area contributed by atoms with Gasteiger partial charge in [-0.1, -0.05) is 70.8 Å². The molecule has 0 saturated carbocycles. The Balaban J connectivity index is 1.47. The van der Waals surface area contributed by atoms with Gasteiger partial charge in [-0.3, -0.25) is 14.4 Å². The standard InChI is InChI=1S/C43H52IN9O5S2/c1-53-38(22-31-25-49-35-10-3-2-9-34(31)35)41(55)51-26-32-21-29(27-13-15-33(16-14-27)60(47,57)58)20-30(23-44)39(32)59-42-28(8-7-19-48-42)24-50-36(12-6-18-46)40(54)52-37(43(53)56)11-4-5-17-45/h2-3,7-10,13-16,19-21,25,36-38,49-50H,4-6,11-12,17-18,22-24,26,45-46H2,1H3,(H,51,55)(H,52,54)(H2,47,57,58)/t36-,37-,38-/m0/s1. The highest BCUT2D eigenvalue weighted by Gasteiger charge is 2.34. The lowest BCUT2D eigenvalue weighted by Crippen LogP contribution is -2.57. The highest BCUT2D eigenvalue weighted by molar-refractivity contribution is 14.1. The number of likely N-dealkylation sites (N-methyl/N-ethyl adjacent to an activating group) is 1. The van der Waals surface area contributed by atoms with Gasteiger partial charge in [0.05, 0.1) is 10.9 Å². The van der Waals surface area contributed by atoms with Crippen molar-refractivity contribution in [1.82, 2.24) is 30.8 Å². The van der Waals surface area contributed by atoms with Crippen LogP contribution in [0, 0.1) is 0 Å². The van der Waals surface area contributed by atoms with Crippen molar-refractivity contribution in [3.05, 3.63) is 107 Å². The highest BCUT2D eigenvalue weighted by Crippen LogP contribution is 2.38. The number of rotatable bonds is 12. The Morgan fingerprint density at radius 2 is 1.60 bits per heavy atom. The molecule has 3 atom stereocenters. The number of hydrogen-bond acceptors (Lipinski definition) is 10. The molecule has 3 heterocycles. The Labute approximate surface area is 368 Å². The predicted molar refractivity (Wildman–Crippen MR) is 243 cm³/mol. The first-order valence-electron chi connectivity index (χ1n) is 19.9. The number of amides is 3. The maximum atomic E-state index is 14.7. The summed E-state index contributed by atoms with van der Waals surface area (Å²) in [7, 11) is -2.28. The molecule has 0 unspecified atom stereocenters. The summed E-state index contributed by atoms with van der Waals surface area (Å²) in [6.07, 6.45) is 6.42. The number of nitrogens with two attached hydrogens (primary N) is 3. The molecule has 3 aromatic carbocycles. The van der Waals surface area contributed by atoms with Crippen molar-refractivity contribution in [3.63, 3.8) is 0 Å². The number of aromatic nitrogens is 2. The third-order valence-corrected chi connectivity index (χ3v) is 13.8. The molecule has 5 aromatic rings. The number of nitrogens with zero attached hydrogens (tertiary/aromatic N) is 2. The number of unbranched alkanes of at least 4 members (excludes halogenated alkanes) is 1. The van der Waals surface area contributed by atoms with E-state index in [-0.39, 0.29) is 35.6 Å². The van der Waals surface area contributed by atoms with E-state index in [1.165, 1.54) is 28.8 Å². The zero-order chi connectivity index (χ0) is 42.8. The van der Waals surface area contributed by atoms with Gasteiger partial charge in [0.1, 0.15) is 17.1 Å². The Hall–Kier alpha value is -4.37. The lowest BCUT2D eigenvalue weighted by atomic mass is 9.99. The molecule has 0 fully saturated rings. The maximum absolute atomic E-state index is 14.7. The van der Waals surface area contributed by atoms with Crippen molar-refractivity contribution in [2.45, 2.75) is 89.0 Å². The van der Waals surface area contributed by atoms with Crippen LogP contribution in [0.1, 0.15) is 54.4 Å². The van der Waals surface area contributed by atoms with Crippen LogP contribution in [0.5, 0.6) is 0 Å². The monoisotopic (exact) mass is 965 g/mol. The first-order valence-corrected chi connectivity index (χ1v) is 23.8. The number of benzene rings is 3. The fourth-order valence-corrected chi connectivity index (χ4v) is 9.86. The van der Waals surface area contributed by atoms with E-state index in [9.17, 15) is 22.8 Å². The molecule has 2 aromatic heterocycles. The van der Waals surface area contributed by atoms with Gasteiger partial charge >= 0.3 is 0 Å². The summed E-state index contributed by atoms with van der Waals surface area (Å²) in [6, 6.07) is 19.5. The number of carbonyl (C=O) groups is 3. The number of primary sulfonamides is 1. The minimum Gasteiger partial charge on any atom is -0.361 e.